The number of likely N-dealkylation sites (N-methyl/N-ethyl adjacent to an activating group) is 1. The Kier molecular flexibility index (Phi) is 10.5. The van der Waals surface area contributed by atoms with E-state index in [9.17, 15) is 4.79 Å². The number of methoxy groups -OCH3 is 2. The van der Waals surface area contributed by atoms with E-state index < -0.39 is 0 Å². The first-order chi connectivity index (χ1) is 15.5. The molecule has 0 saturated heterocycles. The lowest BCUT2D eigenvalue weighted by Crippen LogP contribution is -2.41. The Balaban J connectivity index is 0.00000385. The van der Waals surface area contributed by atoms with Crippen LogP contribution in [0.25, 0.3) is 10.2 Å². The van der Waals surface area contributed by atoms with Gasteiger partial charge in [0.15, 0.2) is 11.7 Å². The maximum Gasteiger partial charge on any atom is 0.266 e. The van der Waals surface area contributed by atoms with Crippen molar-refractivity contribution < 1.29 is 19.0 Å². The minimum absolute atomic E-state index is 0. The maximum absolute atomic E-state index is 13.2. The molecular weight excluding hydrogens is 485 g/mol. The average molecular weight is 514 g/mol. The van der Waals surface area contributed by atoms with Crippen LogP contribution in [0.4, 0.5) is 5.13 Å². The minimum atomic E-state index is -0.177. The maximum atomic E-state index is 13.2. The van der Waals surface area contributed by atoms with Gasteiger partial charge in [-0.3, -0.25) is 9.69 Å². The zero-order chi connectivity index (χ0) is 23.1. The number of benzene rings is 2. The van der Waals surface area contributed by atoms with Gasteiger partial charge in [-0.25, -0.2) is 4.98 Å². The fourth-order valence-electron chi connectivity index (χ4n) is 3.25. The number of rotatable bonds is 11. The summed E-state index contributed by atoms with van der Waals surface area (Å²) in [5, 5.41) is 1.20. The molecule has 3 rings (SSSR count). The first-order valence-electron chi connectivity index (χ1n) is 10.4. The van der Waals surface area contributed by atoms with Crippen LogP contribution in [0.1, 0.15) is 13.8 Å². The highest BCUT2D eigenvalue weighted by Crippen LogP contribution is 2.40. The molecule has 0 aliphatic carbocycles. The first kappa shape index (κ1) is 27.0. The van der Waals surface area contributed by atoms with Crippen LogP contribution in [-0.4, -0.2) is 62.8 Å². The number of aromatic nitrogens is 1. The Morgan fingerprint density at radius 1 is 1.00 bits per heavy atom. The summed E-state index contributed by atoms with van der Waals surface area (Å²) in [5.41, 5.74) is 0.672. The van der Waals surface area contributed by atoms with Crippen molar-refractivity contribution >= 4 is 56.6 Å². The topological polar surface area (TPSA) is 64.1 Å². The Morgan fingerprint density at radius 3 is 2.24 bits per heavy atom. The van der Waals surface area contributed by atoms with Crippen LogP contribution in [0.15, 0.2) is 36.4 Å². The number of hydrogen-bond donors (Lipinski definition) is 0. The molecule has 0 spiro atoms. The summed E-state index contributed by atoms with van der Waals surface area (Å²) in [6, 6.07) is 10.6. The van der Waals surface area contributed by atoms with E-state index in [2.05, 4.69) is 18.7 Å². The molecule has 7 nitrogen and oxygen atoms in total. The number of halogens is 2. The number of anilines is 1. The fourth-order valence-corrected chi connectivity index (χ4v) is 4.50. The minimum Gasteiger partial charge on any atom is -0.495 e. The number of nitrogens with zero attached hydrogens (tertiary/aromatic N) is 3. The van der Waals surface area contributed by atoms with E-state index in [0.717, 1.165) is 24.3 Å². The normalized spacial score (nSPS) is 10.7. The van der Waals surface area contributed by atoms with Gasteiger partial charge in [-0.15, -0.1) is 12.4 Å². The van der Waals surface area contributed by atoms with E-state index in [1.807, 2.05) is 12.1 Å². The van der Waals surface area contributed by atoms with Crippen LogP contribution in [0.3, 0.4) is 0 Å². The molecular formula is C23H29Cl2N3O4S. The molecule has 2 aromatic carbocycles. The fraction of sp³-hybridized carbons (Fsp3) is 0.391. The smallest absolute Gasteiger partial charge is 0.266 e. The Labute approximate surface area is 209 Å². The van der Waals surface area contributed by atoms with Gasteiger partial charge in [0, 0.05) is 18.1 Å². The third-order valence-corrected chi connectivity index (χ3v) is 6.49. The number of ether oxygens (including phenoxy) is 3. The molecule has 1 heterocycles. The zero-order valence-corrected chi connectivity index (χ0v) is 21.6. The summed E-state index contributed by atoms with van der Waals surface area (Å²) in [6.07, 6.45) is 0. The molecule has 0 atom stereocenters. The zero-order valence-electron chi connectivity index (χ0n) is 19.2. The average Bonchev–Trinajstić information content (AvgIpc) is 3.26. The first-order valence-corrected chi connectivity index (χ1v) is 11.6. The summed E-state index contributed by atoms with van der Waals surface area (Å²) < 4.78 is 17.5. The highest BCUT2D eigenvalue weighted by Gasteiger charge is 2.23. The third-order valence-electron chi connectivity index (χ3n) is 5.14. The van der Waals surface area contributed by atoms with Gasteiger partial charge in [0.25, 0.3) is 5.91 Å². The molecule has 0 saturated carbocycles. The van der Waals surface area contributed by atoms with Crippen molar-refractivity contribution in [1.29, 1.82) is 0 Å². The number of amides is 1. The van der Waals surface area contributed by atoms with E-state index in [-0.39, 0.29) is 24.9 Å². The SMILES string of the molecule is CCN(CC)CCN(C(=O)COc1ccc(Cl)cc1)c1nc2c(OC)ccc(OC)c2s1.Cl. The predicted molar refractivity (Wildman–Crippen MR) is 137 cm³/mol. The highest BCUT2D eigenvalue weighted by molar-refractivity contribution is 7.22. The molecule has 1 amide bonds. The van der Waals surface area contributed by atoms with Gasteiger partial charge in [-0.05, 0) is 49.5 Å². The van der Waals surface area contributed by atoms with Crippen molar-refractivity contribution in [2.75, 3.05) is 51.9 Å². The van der Waals surface area contributed by atoms with Crippen molar-refractivity contribution in [1.82, 2.24) is 9.88 Å². The highest BCUT2D eigenvalue weighted by atomic mass is 35.5. The van der Waals surface area contributed by atoms with Gasteiger partial charge < -0.3 is 19.1 Å². The Hall–Kier alpha value is -2.26. The van der Waals surface area contributed by atoms with Gasteiger partial charge >= 0.3 is 0 Å². The summed E-state index contributed by atoms with van der Waals surface area (Å²) >= 11 is 7.33. The molecule has 0 aliphatic heterocycles. The van der Waals surface area contributed by atoms with Crippen LogP contribution in [-0.2, 0) is 4.79 Å². The van der Waals surface area contributed by atoms with E-state index >= 15 is 0 Å². The second-order valence-electron chi connectivity index (χ2n) is 6.96. The van der Waals surface area contributed by atoms with Crippen molar-refractivity contribution in [2.24, 2.45) is 0 Å². The predicted octanol–water partition coefficient (Wildman–Crippen LogP) is 5.14. The van der Waals surface area contributed by atoms with E-state index in [1.165, 1.54) is 11.3 Å². The number of carbonyl (C=O) groups excluding carboxylic acids is 1. The molecule has 10 heteroatoms. The molecule has 0 bridgehead atoms. The van der Waals surface area contributed by atoms with Crippen molar-refractivity contribution in [3.8, 4) is 17.2 Å². The van der Waals surface area contributed by atoms with Gasteiger partial charge in [-0.2, -0.15) is 0 Å². The van der Waals surface area contributed by atoms with E-state index in [0.29, 0.717) is 39.5 Å². The quantitative estimate of drug-likeness (QED) is 0.353. The largest absolute Gasteiger partial charge is 0.495 e. The lowest BCUT2D eigenvalue weighted by atomic mass is 10.3. The van der Waals surface area contributed by atoms with Crippen LogP contribution in [0, 0.1) is 0 Å². The molecule has 180 valence electrons. The van der Waals surface area contributed by atoms with Gasteiger partial charge in [0.2, 0.25) is 0 Å². The molecule has 0 N–H and O–H groups in total. The van der Waals surface area contributed by atoms with Crippen LogP contribution < -0.4 is 19.1 Å². The molecule has 33 heavy (non-hydrogen) atoms. The number of carbonyl (C=O) groups is 1. The molecule has 1 aromatic heterocycles. The number of hydrogen-bond acceptors (Lipinski definition) is 7. The summed E-state index contributed by atoms with van der Waals surface area (Å²) in [7, 11) is 3.22. The standard InChI is InChI=1S/C23H28ClN3O4S.ClH/c1-5-26(6-2)13-14-27(20(28)15-31-17-9-7-16(24)8-10-17)23-25-21-18(29-3)11-12-19(30-4)22(21)32-23;/h7-12H,5-6,13-15H2,1-4H3;1H. The molecule has 0 fully saturated rings. The monoisotopic (exact) mass is 513 g/mol. The van der Waals surface area contributed by atoms with Crippen LogP contribution in [0.2, 0.25) is 5.02 Å². The second-order valence-corrected chi connectivity index (χ2v) is 8.37. The van der Waals surface area contributed by atoms with Crippen LogP contribution >= 0.6 is 35.3 Å². The van der Waals surface area contributed by atoms with Crippen molar-refractivity contribution in [3.63, 3.8) is 0 Å². The molecule has 0 aliphatic rings. The number of fused-ring (bicyclic) bond motifs is 1. The van der Waals surface area contributed by atoms with Crippen molar-refractivity contribution in [2.45, 2.75) is 13.8 Å². The Bertz CT molecular complexity index is 1000. The van der Waals surface area contributed by atoms with Gasteiger partial charge in [0.1, 0.15) is 27.5 Å². The lowest BCUT2D eigenvalue weighted by molar-refractivity contribution is -0.120. The van der Waals surface area contributed by atoms with Crippen LogP contribution in [0.5, 0.6) is 17.2 Å². The molecule has 0 unspecified atom stereocenters. The van der Waals surface area contributed by atoms with Gasteiger partial charge in [0.05, 0.1) is 14.2 Å². The molecule has 0 radical (unpaired) electrons. The van der Waals surface area contributed by atoms with E-state index in [1.54, 1.807) is 43.4 Å². The third kappa shape index (κ3) is 6.63. The van der Waals surface area contributed by atoms with Gasteiger partial charge in [-0.1, -0.05) is 36.8 Å². The summed E-state index contributed by atoms with van der Waals surface area (Å²) in [6.45, 7) is 7.13. The number of thiazole rings is 1. The lowest BCUT2D eigenvalue weighted by Gasteiger charge is -2.24. The summed E-state index contributed by atoms with van der Waals surface area (Å²) in [4.78, 5) is 21.9. The Morgan fingerprint density at radius 2 is 1.64 bits per heavy atom. The second kappa shape index (κ2) is 12.8. The molecule has 3 aromatic rings. The van der Waals surface area contributed by atoms with E-state index in [4.69, 9.17) is 30.8 Å². The van der Waals surface area contributed by atoms with Crippen molar-refractivity contribution in [3.05, 3.63) is 41.4 Å². The summed E-state index contributed by atoms with van der Waals surface area (Å²) in [5.74, 6) is 1.73.